The van der Waals surface area contributed by atoms with Gasteiger partial charge in [-0.15, -0.1) is 10.2 Å². The fraction of sp³-hybridized carbons (Fsp3) is 0.833. The molecular weight excluding hydrogens is 296 g/mol. The summed E-state index contributed by atoms with van der Waals surface area (Å²) in [6.45, 7) is 2.23. The largest absolute Gasteiger partial charge is 0.423 e. The molecule has 8 nitrogen and oxygen atoms in total. The van der Waals surface area contributed by atoms with Crippen molar-refractivity contribution in [2.75, 3.05) is 20.6 Å². The van der Waals surface area contributed by atoms with Gasteiger partial charge in [0.15, 0.2) is 0 Å². The van der Waals surface area contributed by atoms with E-state index in [-0.39, 0.29) is 18.2 Å². The van der Waals surface area contributed by atoms with Gasteiger partial charge in [-0.1, -0.05) is 0 Å². The van der Waals surface area contributed by atoms with Crippen molar-refractivity contribution in [1.82, 2.24) is 18.8 Å². The number of aryl methyl sites for hydroxylation is 1. The molecule has 0 amide bonds. The van der Waals surface area contributed by atoms with Gasteiger partial charge in [-0.2, -0.15) is 17.0 Å². The van der Waals surface area contributed by atoms with E-state index in [1.807, 2.05) is 0 Å². The minimum Gasteiger partial charge on any atom is -0.423 e. The van der Waals surface area contributed by atoms with Gasteiger partial charge in [0, 0.05) is 27.6 Å². The molecule has 0 unspecified atom stereocenters. The fourth-order valence-corrected chi connectivity index (χ4v) is 4.35. The molecule has 2 saturated heterocycles. The highest BCUT2D eigenvalue weighted by atomic mass is 32.2. The molecule has 3 atom stereocenters. The summed E-state index contributed by atoms with van der Waals surface area (Å²) < 4.78 is 38.8. The summed E-state index contributed by atoms with van der Waals surface area (Å²) in [5, 5.41) is 7.81. The van der Waals surface area contributed by atoms with Gasteiger partial charge in [-0.25, -0.2) is 0 Å². The van der Waals surface area contributed by atoms with Crippen LogP contribution in [0.2, 0.25) is 0 Å². The molecule has 0 aliphatic carbocycles. The van der Waals surface area contributed by atoms with Crippen LogP contribution in [0.25, 0.3) is 0 Å². The van der Waals surface area contributed by atoms with Gasteiger partial charge >= 0.3 is 0 Å². The molecule has 0 bridgehead atoms. The molecule has 0 radical (unpaired) electrons. The van der Waals surface area contributed by atoms with E-state index in [1.54, 1.807) is 25.3 Å². The Kier molecular flexibility index (Phi) is 3.76. The first-order valence-corrected chi connectivity index (χ1v) is 8.44. The molecule has 21 heavy (non-hydrogen) atoms. The Hall–Kier alpha value is -1.03. The second kappa shape index (κ2) is 5.31. The minimum atomic E-state index is -3.39. The van der Waals surface area contributed by atoms with E-state index in [4.69, 9.17) is 9.15 Å². The van der Waals surface area contributed by atoms with Crippen molar-refractivity contribution in [3.05, 3.63) is 11.8 Å². The molecule has 0 aromatic carbocycles. The zero-order chi connectivity index (χ0) is 15.2. The number of fused-ring (bicyclic) bond motifs is 1. The molecule has 3 rings (SSSR count). The number of nitrogens with zero attached hydrogens (tertiary/aromatic N) is 4. The lowest BCUT2D eigenvalue weighted by atomic mass is 10.00. The molecule has 1 aromatic heterocycles. The monoisotopic (exact) mass is 316 g/mol. The van der Waals surface area contributed by atoms with Gasteiger partial charge in [-0.05, 0) is 19.3 Å². The summed E-state index contributed by atoms with van der Waals surface area (Å²) in [5.41, 5.74) is 0. The fourth-order valence-electron chi connectivity index (χ4n) is 3.01. The zero-order valence-electron chi connectivity index (χ0n) is 12.4. The Balaban J connectivity index is 1.73. The first kappa shape index (κ1) is 14.9. The predicted molar refractivity (Wildman–Crippen MR) is 73.6 cm³/mol. The maximum Gasteiger partial charge on any atom is 0.281 e. The van der Waals surface area contributed by atoms with Crippen molar-refractivity contribution < 1.29 is 17.6 Å². The number of hydrogen-bond acceptors (Lipinski definition) is 6. The van der Waals surface area contributed by atoms with Crippen LogP contribution in [0.15, 0.2) is 4.42 Å². The summed E-state index contributed by atoms with van der Waals surface area (Å²) in [7, 11) is -0.286. The van der Waals surface area contributed by atoms with Crippen LogP contribution in [0, 0.1) is 6.92 Å². The van der Waals surface area contributed by atoms with Gasteiger partial charge in [0.1, 0.15) is 6.10 Å². The van der Waals surface area contributed by atoms with E-state index in [9.17, 15) is 8.42 Å². The van der Waals surface area contributed by atoms with E-state index in [0.29, 0.717) is 31.2 Å². The van der Waals surface area contributed by atoms with Crippen LogP contribution >= 0.6 is 0 Å². The minimum absolute atomic E-state index is 0.0994. The quantitative estimate of drug-likeness (QED) is 0.806. The van der Waals surface area contributed by atoms with Crippen molar-refractivity contribution in [2.45, 2.75) is 44.4 Å². The predicted octanol–water partition coefficient (Wildman–Crippen LogP) is 0.479. The zero-order valence-corrected chi connectivity index (χ0v) is 13.2. The van der Waals surface area contributed by atoms with Crippen molar-refractivity contribution in [2.24, 2.45) is 0 Å². The highest BCUT2D eigenvalue weighted by Crippen LogP contribution is 2.38. The Labute approximate surface area is 124 Å². The Morgan fingerprint density at radius 3 is 2.62 bits per heavy atom. The van der Waals surface area contributed by atoms with Crippen LogP contribution < -0.4 is 0 Å². The topological polar surface area (TPSA) is 88.8 Å². The van der Waals surface area contributed by atoms with Crippen LogP contribution in [0.3, 0.4) is 0 Å². The summed E-state index contributed by atoms with van der Waals surface area (Å²) in [4.78, 5) is 0. The van der Waals surface area contributed by atoms with E-state index >= 15 is 0 Å². The lowest BCUT2D eigenvalue weighted by Crippen LogP contribution is -2.47. The Bertz CT molecular complexity index is 615. The molecule has 2 aliphatic rings. The van der Waals surface area contributed by atoms with Gasteiger partial charge in [0.05, 0.1) is 12.1 Å². The highest BCUT2D eigenvalue weighted by molar-refractivity contribution is 7.86. The first-order chi connectivity index (χ1) is 9.89. The van der Waals surface area contributed by atoms with Gasteiger partial charge in [0.25, 0.3) is 10.2 Å². The molecule has 0 spiro atoms. The van der Waals surface area contributed by atoms with Crippen molar-refractivity contribution >= 4 is 10.2 Å². The number of ether oxygens (including phenoxy) is 1. The van der Waals surface area contributed by atoms with Gasteiger partial charge < -0.3 is 9.15 Å². The maximum atomic E-state index is 12.3. The summed E-state index contributed by atoms with van der Waals surface area (Å²) in [5.74, 6) is 0.999. The average Bonchev–Trinajstić information content (AvgIpc) is 3.03. The van der Waals surface area contributed by atoms with Crippen LogP contribution in [0.5, 0.6) is 0 Å². The standard InChI is InChI=1S/C12H20N4O4S/c1-8-13-14-12(19-8)11-5-4-9-10(20-11)6-7-16(9)21(17,18)15(2)3/h9-11H,4-7H2,1-3H3/t9-,10-,11-/m0/s1. The number of rotatable bonds is 3. The van der Waals surface area contributed by atoms with Crippen LogP contribution in [0.4, 0.5) is 0 Å². The molecule has 2 aliphatic heterocycles. The third kappa shape index (κ3) is 2.59. The SMILES string of the molecule is Cc1nnc([C@@H]2CC[C@H]3[C@H](CCN3S(=O)(=O)N(C)C)O2)o1. The first-order valence-electron chi connectivity index (χ1n) is 7.04. The number of aromatic nitrogens is 2. The molecule has 3 heterocycles. The average molecular weight is 316 g/mol. The smallest absolute Gasteiger partial charge is 0.281 e. The molecule has 0 N–H and O–H groups in total. The third-order valence-electron chi connectivity index (χ3n) is 4.07. The summed E-state index contributed by atoms with van der Waals surface area (Å²) in [6.07, 6.45) is 1.79. The second-order valence-electron chi connectivity index (χ2n) is 5.66. The molecule has 2 fully saturated rings. The van der Waals surface area contributed by atoms with Gasteiger partial charge in [0.2, 0.25) is 11.8 Å². The van der Waals surface area contributed by atoms with E-state index in [2.05, 4.69) is 10.2 Å². The van der Waals surface area contributed by atoms with E-state index < -0.39 is 10.2 Å². The second-order valence-corrected chi connectivity index (χ2v) is 7.75. The number of hydrogen-bond donors (Lipinski definition) is 0. The lowest BCUT2D eigenvalue weighted by molar-refractivity contribution is -0.0741. The van der Waals surface area contributed by atoms with E-state index in [0.717, 1.165) is 6.42 Å². The van der Waals surface area contributed by atoms with Crippen LogP contribution in [0.1, 0.15) is 37.1 Å². The van der Waals surface area contributed by atoms with Gasteiger partial charge in [-0.3, -0.25) is 0 Å². The lowest BCUT2D eigenvalue weighted by Gasteiger charge is -2.35. The van der Waals surface area contributed by atoms with Crippen molar-refractivity contribution in [3.63, 3.8) is 0 Å². The highest BCUT2D eigenvalue weighted by Gasteiger charge is 2.46. The van der Waals surface area contributed by atoms with Crippen LogP contribution in [-0.4, -0.2) is 60.0 Å². The summed E-state index contributed by atoms with van der Waals surface area (Å²) >= 11 is 0. The van der Waals surface area contributed by atoms with Crippen LogP contribution in [-0.2, 0) is 14.9 Å². The molecule has 1 aromatic rings. The van der Waals surface area contributed by atoms with Crippen molar-refractivity contribution in [3.8, 4) is 0 Å². The van der Waals surface area contributed by atoms with E-state index in [1.165, 1.54) is 4.31 Å². The molecule has 9 heteroatoms. The third-order valence-corrected chi connectivity index (χ3v) is 6.04. The Morgan fingerprint density at radius 1 is 1.24 bits per heavy atom. The molecule has 118 valence electrons. The normalized spacial score (nSPS) is 30.8. The molecule has 0 saturated carbocycles. The molecular formula is C12H20N4O4S. The summed E-state index contributed by atoms with van der Waals surface area (Å²) in [6, 6.07) is -0.0994. The maximum absolute atomic E-state index is 12.3. The van der Waals surface area contributed by atoms with Crippen molar-refractivity contribution in [1.29, 1.82) is 0 Å². The Morgan fingerprint density at radius 2 is 2.00 bits per heavy atom.